The summed E-state index contributed by atoms with van der Waals surface area (Å²) in [4.78, 5) is 40.5. The molecule has 0 spiro atoms. The van der Waals surface area contributed by atoms with Gasteiger partial charge in [-0.3, -0.25) is 14.4 Å². The van der Waals surface area contributed by atoms with Crippen LogP contribution < -0.4 is 16.2 Å². The number of nitrogens with one attached hydrogen (secondary N) is 3. The maximum absolute atomic E-state index is 14.8. The van der Waals surface area contributed by atoms with Crippen LogP contribution >= 0.6 is 11.6 Å². The van der Waals surface area contributed by atoms with E-state index in [9.17, 15) is 31.9 Å². The van der Waals surface area contributed by atoms with Crippen molar-refractivity contribution in [1.82, 2.24) is 15.5 Å². The van der Waals surface area contributed by atoms with Crippen LogP contribution in [-0.2, 0) is 22.3 Å². The lowest BCUT2D eigenvalue weighted by Crippen LogP contribution is -2.42. The molecule has 39 heavy (non-hydrogen) atoms. The van der Waals surface area contributed by atoms with Gasteiger partial charge in [-0.25, -0.2) is 14.5 Å². The van der Waals surface area contributed by atoms with Crippen LogP contribution in [0.15, 0.2) is 58.4 Å². The third kappa shape index (κ3) is 6.67. The van der Waals surface area contributed by atoms with Crippen molar-refractivity contribution < 1.29 is 31.9 Å². The lowest BCUT2D eigenvalue weighted by Gasteiger charge is -2.21. The number of rotatable bonds is 7. The first-order valence-corrected chi connectivity index (χ1v) is 11.8. The fourth-order valence-electron chi connectivity index (χ4n) is 3.81. The Labute approximate surface area is 223 Å². The highest BCUT2D eigenvalue weighted by molar-refractivity contribution is 6.30. The molecule has 14 heteroatoms. The summed E-state index contributed by atoms with van der Waals surface area (Å²) in [6.45, 7) is -0.0993. The lowest BCUT2D eigenvalue weighted by molar-refractivity contribution is -0.137. The fraction of sp³-hybridized carbons (Fsp3) is 0.240. The van der Waals surface area contributed by atoms with Gasteiger partial charge in [-0.2, -0.15) is 18.3 Å². The molecule has 0 aliphatic carbocycles. The van der Waals surface area contributed by atoms with E-state index in [2.05, 4.69) is 25.8 Å². The monoisotopic (exact) mass is 565 g/mol. The molecule has 1 aromatic heterocycles. The highest BCUT2D eigenvalue weighted by Gasteiger charge is 2.41. The Morgan fingerprint density at radius 3 is 2.67 bits per heavy atom. The molecule has 2 aromatic carbocycles. The van der Waals surface area contributed by atoms with Gasteiger partial charge in [0, 0.05) is 41.7 Å². The topological polar surface area (TPSA) is 126 Å². The normalized spacial score (nSPS) is 17.4. The van der Waals surface area contributed by atoms with Crippen LogP contribution in [0.3, 0.4) is 0 Å². The number of H-pyrrole nitrogens is 1. The SMILES string of the molecule is O=C(N=C[C@@]1(C(=O)NCc2ccc(Nc3ccc(Cl)cc3C(F)(F)F)cc2F)CCOC1)c1cn[nH]c(=O)c1. The third-order valence-electron chi connectivity index (χ3n) is 5.90. The van der Waals surface area contributed by atoms with Crippen LogP contribution in [-0.4, -0.2) is 41.4 Å². The summed E-state index contributed by atoms with van der Waals surface area (Å²) in [5.74, 6) is -2.13. The van der Waals surface area contributed by atoms with Crippen molar-refractivity contribution in [2.75, 3.05) is 18.5 Å². The number of hydrogen-bond donors (Lipinski definition) is 3. The number of ether oxygens (including phenoxy) is 1. The molecule has 0 saturated carbocycles. The van der Waals surface area contributed by atoms with Gasteiger partial charge < -0.3 is 15.4 Å². The number of benzene rings is 2. The first-order chi connectivity index (χ1) is 18.5. The van der Waals surface area contributed by atoms with Gasteiger partial charge in [0.1, 0.15) is 11.2 Å². The van der Waals surface area contributed by atoms with E-state index in [0.29, 0.717) is 0 Å². The molecular formula is C25H20ClF4N5O4. The second-order valence-electron chi connectivity index (χ2n) is 8.66. The zero-order valence-electron chi connectivity index (χ0n) is 19.9. The van der Waals surface area contributed by atoms with E-state index in [1.165, 1.54) is 18.2 Å². The van der Waals surface area contributed by atoms with Gasteiger partial charge >= 0.3 is 6.18 Å². The predicted octanol–water partition coefficient (Wildman–Crippen LogP) is 4.26. The molecule has 1 atom stereocenters. The number of nitrogens with zero attached hydrogens (tertiary/aromatic N) is 2. The highest BCUT2D eigenvalue weighted by atomic mass is 35.5. The van der Waals surface area contributed by atoms with Crippen molar-refractivity contribution in [1.29, 1.82) is 0 Å². The highest BCUT2D eigenvalue weighted by Crippen LogP contribution is 2.38. The Hall–Kier alpha value is -4.10. The van der Waals surface area contributed by atoms with E-state index in [1.54, 1.807) is 0 Å². The van der Waals surface area contributed by atoms with Gasteiger partial charge in [0.25, 0.3) is 11.5 Å². The molecule has 0 bridgehead atoms. The van der Waals surface area contributed by atoms with E-state index < -0.39 is 40.3 Å². The Bertz CT molecular complexity index is 1490. The minimum absolute atomic E-state index is 0.0518. The van der Waals surface area contributed by atoms with Crippen LogP contribution in [0.5, 0.6) is 0 Å². The number of alkyl halides is 3. The van der Waals surface area contributed by atoms with Crippen molar-refractivity contribution in [3.63, 3.8) is 0 Å². The van der Waals surface area contributed by atoms with E-state index >= 15 is 0 Å². The minimum atomic E-state index is -4.68. The summed E-state index contributed by atoms with van der Waals surface area (Å²) >= 11 is 5.69. The molecule has 9 nitrogen and oxygen atoms in total. The lowest BCUT2D eigenvalue weighted by atomic mass is 9.87. The molecule has 0 radical (unpaired) electrons. The molecule has 3 aromatic rings. The van der Waals surface area contributed by atoms with Crippen LogP contribution in [0.25, 0.3) is 0 Å². The molecule has 4 rings (SSSR count). The first-order valence-electron chi connectivity index (χ1n) is 11.4. The van der Waals surface area contributed by atoms with Gasteiger partial charge in [0.05, 0.1) is 29.6 Å². The first kappa shape index (κ1) is 27.9. The van der Waals surface area contributed by atoms with E-state index in [0.717, 1.165) is 36.7 Å². The number of aromatic amines is 1. The van der Waals surface area contributed by atoms with Gasteiger partial charge in [-0.15, -0.1) is 0 Å². The second-order valence-corrected chi connectivity index (χ2v) is 9.09. The number of aromatic nitrogens is 2. The van der Waals surface area contributed by atoms with Crippen molar-refractivity contribution in [3.05, 3.63) is 86.5 Å². The fourth-order valence-corrected chi connectivity index (χ4v) is 3.98. The zero-order chi connectivity index (χ0) is 28.2. The molecule has 2 amide bonds. The summed E-state index contributed by atoms with van der Waals surface area (Å²) in [5.41, 5.74) is -3.16. The van der Waals surface area contributed by atoms with Gasteiger partial charge in [0.15, 0.2) is 0 Å². The van der Waals surface area contributed by atoms with E-state index in [4.69, 9.17) is 16.3 Å². The molecule has 1 aliphatic rings. The Morgan fingerprint density at radius 2 is 2.00 bits per heavy atom. The second kappa shape index (κ2) is 11.3. The van der Waals surface area contributed by atoms with E-state index in [1.807, 2.05) is 0 Å². The molecule has 3 N–H and O–H groups in total. The smallest absolute Gasteiger partial charge is 0.380 e. The van der Waals surface area contributed by atoms with Crippen LogP contribution in [0.2, 0.25) is 5.02 Å². The van der Waals surface area contributed by atoms with Gasteiger partial charge in [0.2, 0.25) is 5.91 Å². The Kier molecular flexibility index (Phi) is 8.11. The molecule has 2 heterocycles. The quantitative estimate of drug-likeness (QED) is 0.290. The van der Waals surface area contributed by atoms with Crippen molar-refractivity contribution in [2.45, 2.75) is 19.1 Å². The minimum Gasteiger partial charge on any atom is -0.380 e. The van der Waals surface area contributed by atoms with Crippen molar-refractivity contribution in [2.24, 2.45) is 10.4 Å². The molecule has 204 valence electrons. The Balaban J connectivity index is 1.44. The predicted molar refractivity (Wildman–Crippen MR) is 134 cm³/mol. The number of carbonyl (C=O) groups excluding carboxylic acids is 2. The van der Waals surface area contributed by atoms with Crippen LogP contribution in [0.1, 0.15) is 27.9 Å². The summed E-state index contributed by atoms with van der Waals surface area (Å²) in [5, 5.41) is 10.7. The van der Waals surface area contributed by atoms with Crippen molar-refractivity contribution in [3.8, 4) is 0 Å². The maximum Gasteiger partial charge on any atom is 0.418 e. The van der Waals surface area contributed by atoms with Crippen LogP contribution in [0, 0.1) is 11.2 Å². The summed E-state index contributed by atoms with van der Waals surface area (Å²) in [7, 11) is 0. The molecule has 0 unspecified atom stereocenters. The Morgan fingerprint density at radius 1 is 1.21 bits per heavy atom. The zero-order valence-corrected chi connectivity index (χ0v) is 20.7. The number of anilines is 2. The number of amides is 2. The molecule has 1 saturated heterocycles. The molecular weight excluding hydrogens is 546 g/mol. The molecule has 1 aliphatic heterocycles. The molecule has 1 fully saturated rings. The van der Waals surface area contributed by atoms with Crippen LogP contribution in [0.4, 0.5) is 28.9 Å². The average molecular weight is 566 g/mol. The van der Waals surface area contributed by atoms with Gasteiger partial charge in [-0.1, -0.05) is 17.7 Å². The number of carbonyl (C=O) groups is 2. The van der Waals surface area contributed by atoms with Gasteiger partial charge in [-0.05, 0) is 36.8 Å². The maximum atomic E-state index is 14.8. The number of hydrogen-bond acceptors (Lipinski definition) is 6. The number of halogens is 5. The number of aliphatic imine (C=N–C) groups is 1. The largest absolute Gasteiger partial charge is 0.418 e. The average Bonchev–Trinajstić information content (AvgIpc) is 3.37. The van der Waals surface area contributed by atoms with Crippen molar-refractivity contribution >= 4 is 41.0 Å². The summed E-state index contributed by atoms with van der Waals surface area (Å²) in [6.07, 6.45) is -2.21. The third-order valence-corrected chi connectivity index (χ3v) is 6.14. The standard InChI is InChI=1S/C25H20ClF4N5O4/c26-16-2-4-20(18(8-16)25(28,29)30)34-17-3-1-14(19(27)9-17)10-31-23(38)24(5-6-39-13-24)12-32-22(37)15-7-21(36)35-33-11-15/h1-4,7-9,11-12,34H,5-6,10,13H2,(H,31,38)(H,35,36)/t24-/m0/s1. The summed E-state index contributed by atoms with van der Waals surface area (Å²) < 4.78 is 60.1. The summed E-state index contributed by atoms with van der Waals surface area (Å²) in [6, 6.07) is 7.87. The van der Waals surface area contributed by atoms with E-state index in [-0.39, 0.29) is 53.7 Å².